The molecule has 0 amide bonds. The molecule has 1 aromatic carbocycles. The van der Waals surface area contributed by atoms with E-state index >= 15 is 0 Å². The molecular formula is C14H16F3N3. The van der Waals surface area contributed by atoms with Crippen molar-refractivity contribution in [2.45, 2.75) is 6.18 Å². The minimum atomic E-state index is -4.38. The zero-order valence-corrected chi connectivity index (χ0v) is 11.0. The van der Waals surface area contributed by atoms with Crippen molar-refractivity contribution >= 4 is 11.4 Å². The number of anilines is 2. The van der Waals surface area contributed by atoms with Crippen molar-refractivity contribution in [3.63, 3.8) is 0 Å². The van der Waals surface area contributed by atoms with Crippen molar-refractivity contribution in [1.82, 2.24) is 4.90 Å². The molecule has 1 saturated heterocycles. The van der Waals surface area contributed by atoms with Gasteiger partial charge >= 0.3 is 6.18 Å². The number of nitrogens with zero attached hydrogens (tertiary/aromatic N) is 2. The molecule has 0 bridgehead atoms. The molecule has 0 aliphatic carbocycles. The Morgan fingerprint density at radius 1 is 1.15 bits per heavy atom. The topological polar surface area (TPSA) is 32.5 Å². The quantitative estimate of drug-likeness (QED) is 0.666. The smallest absolute Gasteiger partial charge is 0.399 e. The molecule has 1 aliphatic rings. The number of benzene rings is 1. The van der Waals surface area contributed by atoms with Gasteiger partial charge in [0.05, 0.1) is 12.1 Å². The zero-order valence-electron chi connectivity index (χ0n) is 11.0. The maximum absolute atomic E-state index is 12.8. The molecule has 1 fully saturated rings. The highest BCUT2D eigenvalue weighted by Crippen LogP contribution is 2.33. The van der Waals surface area contributed by atoms with Gasteiger partial charge < -0.3 is 10.6 Å². The third-order valence-corrected chi connectivity index (χ3v) is 3.32. The van der Waals surface area contributed by atoms with E-state index < -0.39 is 11.7 Å². The van der Waals surface area contributed by atoms with Crippen LogP contribution in [-0.2, 0) is 6.18 Å². The van der Waals surface area contributed by atoms with Crippen LogP contribution in [0.15, 0.2) is 18.2 Å². The highest BCUT2D eigenvalue weighted by atomic mass is 19.4. The summed E-state index contributed by atoms with van der Waals surface area (Å²) < 4.78 is 38.3. The molecule has 0 radical (unpaired) electrons. The lowest BCUT2D eigenvalue weighted by Gasteiger charge is -2.35. The first-order valence-electron chi connectivity index (χ1n) is 6.28. The number of hydrogen-bond acceptors (Lipinski definition) is 3. The van der Waals surface area contributed by atoms with Gasteiger partial charge in [0.1, 0.15) is 0 Å². The molecule has 0 spiro atoms. The third-order valence-electron chi connectivity index (χ3n) is 3.32. The van der Waals surface area contributed by atoms with Crippen LogP contribution in [0, 0.1) is 12.3 Å². The molecular weight excluding hydrogens is 267 g/mol. The van der Waals surface area contributed by atoms with Crippen molar-refractivity contribution in [3.05, 3.63) is 23.8 Å². The molecule has 0 saturated carbocycles. The largest absolute Gasteiger partial charge is 0.416 e. The van der Waals surface area contributed by atoms with Crippen LogP contribution in [0.2, 0.25) is 0 Å². The van der Waals surface area contributed by atoms with Crippen molar-refractivity contribution in [2.24, 2.45) is 0 Å². The number of hydrogen-bond donors (Lipinski definition) is 1. The van der Waals surface area contributed by atoms with Crippen LogP contribution in [0.3, 0.4) is 0 Å². The highest BCUT2D eigenvalue weighted by Gasteiger charge is 2.31. The van der Waals surface area contributed by atoms with Gasteiger partial charge in [-0.2, -0.15) is 13.2 Å². The Kier molecular flexibility index (Phi) is 4.09. The minimum Gasteiger partial charge on any atom is -0.399 e. The van der Waals surface area contributed by atoms with Crippen molar-refractivity contribution in [3.8, 4) is 12.3 Å². The van der Waals surface area contributed by atoms with E-state index in [1.54, 1.807) is 6.07 Å². The van der Waals surface area contributed by atoms with E-state index in [9.17, 15) is 13.2 Å². The normalized spacial score (nSPS) is 17.0. The molecule has 0 aromatic heterocycles. The summed E-state index contributed by atoms with van der Waals surface area (Å²) >= 11 is 0. The third kappa shape index (κ3) is 3.36. The van der Waals surface area contributed by atoms with E-state index in [-0.39, 0.29) is 5.69 Å². The zero-order chi connectivity index (χ0) is 14.8. The lowest BCUT2D eigenvalue weighted by atomic mass is 10.1. The summed E-state index contributed by atoms with van der Waals surface area (Å²) in [5.74, 6) is 2.57. The SMILES string of the molecule is C#CCN1CCN(c2cc(N)cc(C(F)(F)F)c2)CC1. The summed E-state index contributed by atoms with van der Waals surface area (Å²) in [5.41, 5.74) is 5.50. The summed E-state index contributed by atoms with van der Waals surface area (Å²) in [6.45, 7) is 3.32. The Morgan fingerprint density at radius 3 is 2.35 bits per heavy atom. The number of halogens is 3. The van der Waals surface area contributed by atoms with E-state index in [1.807, 2.05) is 4.90 Å². The van der Waals surface area contributed by atoms with Crippen LogP contribution in [0.1, 0.15) is 5.56 Å². The van der Waals surface area contributed by atoms with Gasteiger partial charge in [-0.15, -0.1) is 6.42 Å². The van der Waals surface area contributed by atoms with E-state index in [0.29, 0.717) is 25.3 Å². The van der Waals surface area contributed by atoms with E-state index in [4.69, 9.17) is 12.2 Å². The Morgan fingerprint density at radius 2 is 1.80 bits per heavy atom. The Balaban J connectivity index is 2.14. The molecule has 0 unspecified atom stereocenters. The fourth-order valence-corrected chi connectivity index (χ4v) is 2.27. The highest BCUT2D eigenvalue weighted by molar-refractivity contribution is 5.59. The Labute approximate surface area is 116 Å². The van der Waals surface area contributed by atoms with Crippen LogP contribution < -0.4 is 10.6 Å². The van der Waals surface area contributed by atoms with E-state index in [1.165, 1.54) is 0 Å². The second-order valence-electron chi connectivity index (χ2n) is 4.78. The molecule has 1 aromatic rings. The fourth-order valence-electron chi connectivity index (χ4n) is 2.27. The van der Waals surface area contributed by atoms with Crippen molar-refractivity contribution in [1.29, 1.82) is 0 Å². The number of terminal acetylenes is 1. The second-order valence-corrected chi connectivity index (χ2v) is 4.78. The number of nitrogen functional groups attached to an aromatic ring is 1. The van der Waals surface area contributed by atoms with Gasteiger partial charge in [0, 0.05) is 37.6 Å². The fraction of sp³-hybridized carbons (Fsp3) is 0.429. The Bertz CT molecular complexity index is 511. The van der Waals surface area contributed by atoms with E-state index in [0.717, 1.165) is 25.2 Å². The minimum absolute atomic E-state index is 0.126. The van der Waals surface area contributed by atoms with Crippen molar-refractivity contribution in [2.75, 3.05) is 43.4 Å². The summed E-state index contributed by atoms with van der Waals surface area (Å²) in [6, 6.07) is 3.68. The molecule has 0 atom stereocenters. The van der Waals surface area contributed by atoms with Gasteiger partial charge in [-0.05, 0) is 18.2 Å². The summed E-state index contributed by atoms with van der Waals surface area (Å²) in [7, 11) is 0. The number of piperazine rings is 1. The van der Waals surface area contributed by atoms with Gasteiger partial charge in [0.25, 0.3) is 0 Å². The lowest BCUT2D eigenvalue weighted by Crippen LogP contribution is -2.46. The van der Waals surface area contributed by atoms with Crippen molar-refractivity contribution < 1.29 is 13.2 Å². The van der Waals surface area contributed by atoms with Crippen LogP contribution in [0.4, 0.5) is 24.5 Å². The molecule has 1 heterocycles. The first kappa shape index (κ1) is 14.5. The maximum atomic E-state index is 12.8. The molecule has 3 nitrogen and oxygen atoms in total. The lowest BCUT2D eigenvalue weighted by molar-refractivity contribution is -0.137. The number of alkyl halides is 3. The molecule has 20 heavy (non-hydrogen) atoms. The second kappa shape index (κ2) is 5.63. The van der Waals surface area contributed by atoms with Crippen LogP contribution in [0.5, 0.6) is 0 Å². The van der Waals surface area contributed by atoms with Crippen LogP contribution in [-0.4, -0.2) is 37.6 Å². The summed E-state index contributed by atoms with van der Waals surface area (Å²) in [4.78, 5) is 3.99. The first-order valence-corrected chi connectivity index (χ1v) is 6.28. The molecule has 2 N–H and O–H groups in total. The Hall–Kier alpha value is -1.87. The standard InChI is InChI=1S/C14H16F3N3/c1-2-3-19-4-6-20(7-5-19)13-9-11(14(15,16)17)8-12(18)10-13/h1,8-10H,3-7,18H2. The average Bonchev–Trinajstić information content (AvgIpc) is 2.38. The van der Waals surface area contributed by atoms with Gasteiger partial charge in [-0.25, -0.2) is 0 Å². The van der Waals surface area contributed by atoms with E-state index in [2.05, 4.69) is 10.8 Å². The average molecular weight is 283 g/mol. The summed E-state index contributed by atoms with van der Waals surface area (Å²) in [6.07, 6.45) is 0.866. The molecule has 108 valence electrons. The van der Waals surface area contributed by atoms with Gasteiger partial charge in [0.15, 0.2) is 0 Å². The molecule has 6 heteroatoms. The number of rotatable bonds is 2. The first-order chi connectivity index (χ1) is 9.40. The monoisotopic (exact) mass is 283 g/mol. The predicted molar refractivity (Wildman–Crippen MR) is 73.3 cm³/mol. The van der Waals surface area contributed by atoms with Gasteiger partial charge in [-0.3, -0.25) is 4.90 Å². The molecule has 1 aliphatic heterocycles. The van der Waals surface area contributed by atoms with Gasteiger partial charge in [0.2, 0.25) is 0 Å². The number of nitrogens with two attached hydrogens (primary N) is 1. The molecule has 2 rings (SSSR count). The predicted octanol–water partition coefficient (Wildman–Crippen LogP) is 2.04. The van der Waals surface area contributed by atoms with Gasteiger partial charge in [-0.1, -0.05) is 5.92 Å². The van der Waals surface area contributed by atoms with Crippen LogP contribution in [0.25, 0.3) is 0 Å². The maximum Gasteiger partial charge on any atom is 0.416 e. The van der Waals surface area contributed by atoms with Crippen LogP contribution >= 0.6 is 0 Å². The summed E-state index contributed by atoms with van der Waals surface area (Å²) in [5, 5.41) is 0.